The molecule has 9 rings (SSSR count). The van der Waals surface area contributed by atoms with Crippen molar-refractivity contribution in [2.45, 2.75) is 13.3 Å². The van der Waals surface area contributed by atoms with Crippen LogP contribution in [-0.2, 0) is 21.1 Å². The van der Waals surface area contributed by atoms with Gasteiger partial charge in [-0.1, -0.05) is 19.1 Å². The lowest BCUT2D eigenvalue weighted by molar-refractivity contribution is -0.671. The van der Waals surface area contributed by atoms with Gasteiger partial charge in [0, 0.05) is 80.7 Å². The Morgan fingerprint density at radius 3 is 1.20 bits per heavy atom. The highest BCUT2D eigenvalue weighted by Gasteiger charge is 2.20. The normalized spacial score (nSPS) is 12.0. The first kappa shape index (κ1) is 33.9. The molecule has 0 atom stereocenters. The van der Waals surface area contributed by atoms with E-state index in [1.165, 1.54) is 0 Å². The summed E-state index contributed by atoms with van der Waals surface area (Å²) in [5.74, 6) is 0.852. The predicted molar refractivity (Wildman–Crippen MR) is 220 cm³/mol. The maximum absolute atomic E-state index is 5.97. The topological polar surface area (TPSA) is 78.2 Å². The number of rotatable bonds is 7. The summed E-state index contributed by atoms with van der Waals surface area (Å²) in [5.41, 5.74) is 15.7. The van der Waals surface area contributed by atoms with Crippen LogP contribution in [0.3, 0.4) is 0 Å². The summed E-state index contributed by atoms with van der Waals surface area (Å²) < 4.78 is 12.1. The van der Waals surface area contributed by atoms with Crippen molar-refractivity contribution in [1.82, 2.24) is 19.9 Å². The van der Waals surface area contributed by atoms with Crippen molar-refractivity contribution in [2.75, 3.05) is 6.61 Å². The Labute approximate surface area is 320 Å². The largest absolute Gasteiger partial charge is 0.494 e. The molecule has 7 aromatic rings. The van der Waals surface area contributed by atoms with Crippen molar-refractivity contribution in [3.63, 3.8) is 0 Å². The SMILES string of the molecule is CCCOc1ccc(-c2c3nc(c(-c4cc[n+](C)cc4)c4nc(c(-c5cc[n+](C)cc5)c5ccc([nH]5)c(-c5cc[n+](C)cc5)c5ccc2[nH]5)C=C4)C=C3)cc1. The molecule has 0 fully saturated rings. The average Bonchev–Trinajstić information content (AvgIpc) is 4.04. The Kier molecular flexibility index (Phi) is 8.71. The highest BCUT2D eigenvalue weighted by molar-refractivity contribution is 6.00. The Morgan fingerprint density at radius 1 is 0.436 bits per heavy atom. The molecular weight excluding hydrogens is 679 g/mol. The van der Waals surface area contributed by atoms with Crippen molar-refractivity contribution in [2.24, 2.45) is 21.1 Å². The fourth-order valence-corrected chi connectivity index (χ4v) is 7.36. The van der Waals surface area contributed by atoms with Gasteiger partial charge in [-0.15, -0.1) is 0 Å². The molecule has 0 aliphatic carbocycles. The quantitative estimate of drug-likeness (QED) is 0.162. The van der Waals surface area contributed by atoms with Gasteiger partial charge in [-0.05, 0) is 89.4 Å². The van der Waals surface area contributed by atoms with Crippen molar-refractivity contribution >= 4 is 46.4 Å². The van der Waals surface area contributed by atoms with Crippen molar-refractivity contribution in [3.8, 4) is 50.3 Å². The number of hydrogen-bond donors (Lipinski definition) is 2. The maximum atomic E-state index is 5.97. The first-order chi connectivity index (χ1) is 26.9. The lowest BCUT2D eigenvalue weighted by Crippen LogP contribution is -2.25. The second-order valence-electron chi connectivity index (χ2n) is 14.1. The molecule has 0 spiro atoms. The fourth-order valence-electron chi connectivity index (χ4n) is 7.36. The molecule has 2 N–H and O–H groups in total. The maximum Gasteiger partial charge on any atom is 0.169 e. The minimum atomic E-state index is 0.678. The van der Waals surface area contributed by atoms with Crippen LogP contribution in [-0.4, -0.2) is 26.5 Å². The van der Waals surface area contributed by atoms with E-state index in [1.807, 2.05) is 42.4 Å². The van der Waals surface area contributed by atoms with Crippen molar-refractivity contribution in [3.05, 3.63) is 145 Å². The van der Waals surface area contributed by atoms with Gasteiger partial charge in [0.05, 0.1) is 29.4 Å². The Balaban J connectivity index is 1.43. The summed E-state index contributed by atoms with van der Waals surface area (Å²) >= 11 is 0. The van der Waals surface area contributed by atoms with Crippen LogP contribution in [0.2, 0.25) is 0 Å². The molecule has 2 aliphatic heterocycles. The molecule has 0 saturated carbocycles. The van der Waals surface area contributed by atoms with Crippen LogP contribution in [0.25, 0.3) is 90.9 Å². The molecule has 8 nitrogen and oxygen atoms in total. The van der Waals surface area contributed by atoms with Crippen molar-refractivity contribution in [1.29, 1.82) is 0 Å². The zero-order chi connectivity index (χ0) is 37.5. The predicted octanol–water partition coefficient (Wildman–Crippen LogP) is 8.59. The monoisotopic (exact) mass is 720 g/mol. The van der Waals surface area contributed by atoms with E-state index in [4.69, 9.17) is 14.7 Å². The highest BCUT2D eigenvalue weighted by atomic mass is 16.5. The Hall–Kier alpha value is -6.93. The number of aromatic amines is 2. The van der Waals surface area contributed by atoms with Gasteiger partial charge in [-0.3, -0.25) is 0 Å². The van der Waals surface area contributed by atoms with Crippen LogP contribution < -0.4 is 18.4 Å². The Bertz CT molecular complexity index is 2790. The minimum absolute atomic E-state index is 0.678. The summed E-state index contributed by atoms with van der Waals surface area (Å²) in [6, 6.07) is 29.9. The van der Waals surface area contributed by atoms with E-state index in [1.54, 1.807) is 0 Å². The first-order valence-corrected chi connectivity index (χ1v) is 18.7. The number of fused-ring (bicyclic) bond motifs is 8. The highest BCUT2D eigenvalue weighted by Crippen LogP contribution is 2.38. The number of benzene rings is 1. The first-order valence-electron chi connectivity index (χ1n) is 18.7. The van der Waals surface area contributed by atoms with E-state index in [2.05, 4.69) is 156 Å². The smallest absolute Gasteiger partial charge is 0.169 e. The third-order valence-corrected chi connectivity index (χ3v) is 10.2. The second kappa shape index (κ2) is 14.1. The molecule has 8 heterocycles. The minimum Gasteiger partial charge on any atom is -0.494 e. The summed E-state index contributed by atoms with van der Waals surface area (Å²) in [7, 11) is 6.10. The summed E-state index contributed by atoms with van der Waals surface area (Å²) in [4.78, 5) is 18.5. The number of hydrogen-bond acceptors (Lipinski definition) is 3. The molecule has 8 heteroatoms. The molecule has 2 aliphatic rings. The Morgan fingerprint density at radius 2 is 0.782 bits per heavy atom. The average molecular weight is 721 g/mol. The molecule has 0 amide bonds. The van der Waals surface area contributed by atoms with Crippen LogP contribution in [0.5, 0.6) is 5.75 Å². The molecule has 268 valence electrons. The van der Waals surface area contributed by atoms with E-state index >= 15 is 0 Å². The van der Waals surface area contributed by atoms with Crippen molar-refractivity contribution < 1.29 is 18.4 Å². The van der Waals surface area contributed by atoms with E-state index in [0.717, 1.165) is 102 Å². The van der Waals surface area contributed by atoms with Gasteiger partial charge >= 0.3 is 0 Å². The van der Waals surface area contributed by atoms with Gasteiger partial charge in [0.2, 0.25) is 0 Å². The lowest BCUT2D eigenvalue weighted by Gasteiger charge is -2.08. The number of nitrogens with one attached hydrogen (secondary N) is 2. The number of aryl methyl sites for hydroxylation is 3. The molecule has 6 aromatic heterocycles. The zero-order valence-electron chi connectivity index (χ0n) is 31.4. The molecule has 55 heavy (non-hydrogen) atoms. The van der Waals surface area contributed by atoms with Crippen LogP contribution >= 0.6 is 0 Å². The summed E-state index contributed by atoms with van der Waals surface area (Å²) in [6.45, 7) is 2.80. The van der Waals surface area contributed by atoms with Crippen LogP contribution in [0.4, 0.5) is 0 Å². The molecule has 0 unspecified atom stereocenters. The van der Waals surface area contributed by atoms with Gasteiger partial charge in [0.15, 0.2) is 37.2 Å². The molecule has 1 aromatic carbocycles. The standard InChI is InChI=1S/C47H41N7O/c1-5-30-55-35-8-6-31(7-9-35)44-36-10-12-38(48-36)45(32-18-24-52(2)25-19-32)40-14-16-42(50-40)47(34-22-28-54(4)29-23-34)43-17-15-41(51-43)46(39-13-11-37(44)49-39)33-20-26-53(3)27-21-33/h6-29H,5,30H2,1-4H3,(H,48,49,50,51)/q+2/p+1. The fraction of sp³-hybridized carbons (Fsp3) is 0.128. The van der Waals surface area contributed by atoms with Crippen LogP contribution in [0, 0.1) is 0 Å². The second-order valence-corrected chi connectivity index (χ2v) is 14.1. The van der Waals surface area contributed by atoms with Gasteiger partial charge in [0.1, 0.15) is 26.9 Å². The summed E-state index contributed by atoms with van der Waals surface area (Å²) in [5, 5.41) is 0. The molecule has 0 saturated heterocycles. The number of pyridine rings is 3. The molecular formula is C47H42N7O+3. The molecule has 8 bridgehead atoms. The number of nitrogens with zero attached hydrogens (tertiary/aromatic N) is 5. The van der Waals surface area contributed by atoms with E-state index in [-0.39, 0.29) is 0 Å². The van der Waals surface area contributed by atoms with Gasteiger partial charge in [-0.25, -0.2) is 23.7 Å². The van der Waals surface area contributed by atoms with E-state index < -0.39 is 0 Å². The number of H-pyrrole nitrogens is 2. The third kappa shape index (κ3) is 6.52. The lowest BCUT2D eigenvalue weighted by atomic mass is 10.0. The van der Waals surface area contributed by atoms with Gasteiger partial charge < -0.3 is 14.7 Å². The zero-order valence-corrected chi connectivity index (χ0v) is 31.4. The van der Waals surface area contributed by atoms with E-state index in [9.17, 15) is 0 Å². The molecule has 0 radical (unpaired) electrons. The van der Waals surface area contributed by atoms with Crippen LogP contribution in [0.15, 0.2) is 122 Å². The third-order valence-electron chi connectivity index (χ3n) is 10.2. The van der Waals surface area contributed by atoms with E-state index in [0.29, 0.717) is 6.61 Å². The number of aromatic nitrogens is 7. The van der Waals surface area contributed by atoms with Gasteiger partial charge in [0.25, 0.3) is 0 Å². The summed E-state index contributed by atoms with van der Waals surface area (Å²) in [6.07, 6.45) is 21.9. The van der Waals surface area contributed by atoms with Gasteiger partial charge in [-0.2, -0.15) is 0 Å². The number of ether oxygens (including phenoxy) is 1. The van der Waals surface area contributed by atoms with Crippen LogP contribution in [0.1, 0.15) is 36.1 Å².